The van der Waals surface area contributed by atoms with E-state index >= 15 is 0 Å². The van der Waals surface area contributed by atoms with Crippen molar-refractivity contribution in [3.8, 4) is 0 Å². The van der Waals surface area contributed by atoms with Gasteiger partial charge in [0.15, 0.2) is 0 Å². The second kappa shape index (κ2) is 16.1. The minimum atomic E-state index is -0.311. The molecule has 28 heavy (non-hydrogen) atoms. The molecule has 0 atom stereocenters. The molecule has 6 heteroatoms. The van der Waals surface area contributed by atoms with Crippen LogP contribution in [-0.2, 0) is 23.7 Å². The van der Waals surface area contributed by atoms with E-state index in [1.54, 1.807) is 0 Å². The van der Waals surface area contributed by atoms with Crippen LogP contribution in [0.25, 0.3) is 0 Å². The van der Waals surface area contributed by atoms with E-state index in [1.165, 1.54) is 12.8 Å². The Morgan fingerprint density at radius 2 is 1.18 bits per heavy atom. The lowest BCUT2D eigenvalue weighted by atomic mass is 9.87. The molecule has 0 aromatic heterocycles. The molecule has 168 valence electrons. The first kappa shape index (κ1) is 27.3. The lowest BCUT2D eigenvalue weighted by Crippen LogP contribution is -2.38. The summed E-state index contributed by atoms with van der Waals surface area (Å²) < 4.78 is 22.1. The zero-order chi connectivity index (χ0) is 21.3. The highest BCUT2D eigenvalue weighted by Crippen LogP contribution is 2.22. The minimum absolute atomic E-state index is 0.0873. The van der Waals surface area contributed by atoms with Crippen LogP contribution in [0.5, 0.6) is 0 Å². The fraction of sp³-hybridized carbons (Fsp3) is 0.955. The summed E-state index contributed by atoms with van der Waals surface area (Å²) >= 11 is 0. The van der Waals surface area contributed by atoms with Gasteiger partial charge in [0.2, 0.25) is 5.91 Å². The summed E-state index contributed by atoms with van der Waals surface area (Å²) in [7, 11) is 0. The van der Waals surface area contributed by atoms with Crippen molar-refractivity contribution in [1.82, 2.24) is 5.32 Å². The second-order valence-electron chi connectivity index (χ2n) is 8.69. The average molecular weight is 404 g/mol. The summed E-state index contributed by atoms with van der Waals surface area (Å²) in [4.78, 5) is 12.0. The van der Waals surface area contributed by atoms with Gasteiger partial charge >= 0.3 is 0 Å². The first-order valence-corrected chi connectivity index (χ1v) is 10.8. The van der Waals surface area contributed by atoms with Crippen molar-refractivity contribution in [1.29, 1.82) is 0 Å². The highest BCUT2D eigenvalue weighted by Gasteiger charge is 2.25. The normalized spacial score (nSPS) is 12.4. The van der Waals surface area contributed by atoms with Gasteiger partial charge in [0.05, 0.1) is 52.9 Å². The Bertz CT molecular complexity index is 385. The fourth-order valence-corrected chi connectivity index (χ4v) is 2.97. The van der Waals surface area contributed by atoms with E-state index in [4.69, 9.17) is 18.9 Å². The molecule has 6 nitrogen and oxygen atoms in total. The number of amides is 1. The average Bonchev–Trinajstić information content (AvgIpc) is 2.61. The summed E-state index contributed by atoms with van der Waals surface area (Å²) in [6, 6.07) is 0. The third-order valence-electron chi connectivity index (χ3n) is 4.56. The van der Waals surface area contributed by atoms with Gasteiger partial charge in [-0.2, -0.15) is 0 Å². The van der Waals surface area contributed by atoms with E-state index < -0.39 is 0 Å². The third kappa shape index (κ3) is 15.3. The zero-order valence-corrected chi connectivity index (χ0v) is 19.2. The van der Waals surface area contributed by atoms with Gasteiger partial charge in [-0.05, 0) is 18.3 Å². The van der Waals surface area contributed by atoms with Crippen molar-refractivity contribution < 1.29 is 23.7 Å². The van der Waals surface area contributed by atoms with Crippen LogP contribution in [0.3, 0.4) is 0 Å². The molecule has 0 aliphatic rings. The monoisotopic (exact) mass is 403 g/mol. The second-order valence-corrected chi connectivity index (χ2v) is 8.69. The number of carbonyl (C=O) groups excluding carboxylic acids is 1. The molecule has 1 N–H and O–H groups in total. The quantitative estimate of drug-likeness (QED) is 0.332. The van der Waals surface area contributed by atoms with E-state index in [-0.39, 0.29) is 16.7 Å². The maximum Gasteiger partial charge on any atom is 0.225 e. The Kier molecular flexibility index (Phi) is 15.7. The van der Waals surface area contributed by atoms with Gasteiger partial charge in [0, 0.05) is 12.0 Å². The molecule has 0 radical (unpaired) electrons. The largest absolute Gasteiger partial charge is 0.379 e. The number of hydrogen-bond acceptors (Lipinski definition) is 5. The Morgan fingerprint density at radius 3 is 1.68 bits per heavy atom. The van der Waals surface area contributed by atoms with Crippen LogP contribution in [0, 0.1) is 10.8 Å². The van der Waals surface area contributed by atoms with Gasteiger partial charge in [0.25, 0.3) is 0 Å². The van der Waals surface area contributed by atoms with Gasteiger partial charge in [-0.15, -0.1) is 0 Å². The van der Waals surface area contributed by atoms with Crippen LogP contribution >= 0.6 is 0 Å². The molecule has 0 saturated heterocycles. The van der Waals surface area contributed by atoms with E-state index in [1.807, 2.05) is 13.8 Å². The van der Waals surface area contributed by atoms with Crippen LogP contribution in [0.15, 0.2) is 0 Å². The fourth-order valence-electron chi connectivity index (χ4n) is 2.97. The number of rotatable bonds is 19. The Morgan fingerprint density at radius 1 is 0.714 bits per heavy atom. The maximum atomic E-state index is 12.0. The standard InChI is InChI=1S/C22H45NO5/c1-7-9-21(3,4)19-28-18-17-27-16-15-26-14-13-25-12-11-23-20(24)22(5,6)10-8-2/h7-19H2,1-6H3,(H,23,24). The van der Waals surface area contributed by atoms with Crippen LogP contribution in [0.4, 0.5) is 0 Å². The molecular formula is C22H45NO5. The summed E-state index contributed by atoms with van der Waals surface area (Å²) in [5.41, 5.74) is -0.0685. The van der Waals surface area contributed by atoms with Crippen molar-refractivity contribution in [2.45, 2.75) is 67.2 Å². The summed E-state index contributed by atoms with van der Waals surface area (Å²) in [5.74, 6) is 0.0873. The molecule has 0 unspecified atom stereocenters. The van der Waals surface area contributed by atoms with Crippen LogP contribution in [-0.4, -0.2) is 65.3 Å². The van der Waals surface area contributed by atoms with Crippen LogP contribution in [0.2, 0.25) is 0 Å². The predicted octanol–water partition coefficient (Wildman–Crippen LogP) is 3.82. The van der Waals surface area contributed by atoms with Gasteiger partial charge in [0.1, 0.15) is 0 Å². The molecule has 0 aromatic carbocycles. The SMILES string of the molecule is CCCC(C)(C)COCCOCCOCCOCCNC(=O)C(C)(C)CCC. The Balaban J connectivity index is 3.35. The topological polar surface area (TPSA) is 66.0 Å². The molecule has 0 spiro atoms. The zero-order valence-electron chi connectivity index (χ0n) is 19.2. The minimum Gasteiger partial charge on any atom is -0.379 e. The lowest BCUT2D eigenvalue weighted by molar-refractivity contribution is -0.130. The number of carbonyl (C=O) groups is 1. The van der Waals surface area contributed by atoms with Gasteiger partial charge in [-0.1, -0.05) is 54.4 Å². The van der Waals surface area contributed by atoms with E-state index in [9.17, 15) is 4.79 Å². The molecule has 1 amide bonds. The molecule has 0 aliphatic carbocycles. The van der Waals surface area contributed by atoms with Gasteiger partial charge in [-0.25, -0.2) is 0 Å². The molecular weight excluding hydrogens is 358 g/mol. The highest BCUT2D eigenvalue weighted by molar-refractivity contribution is 5.81. The summed E-state index contributed by atoms with van der Waals surface area (Å²) in [6.07, 6.45) is 4.24. The van der Waals surface area contributed by atoms with Crippen LogP contribution in [0.1, 0.15) is 67.2 Å². The Hall–Kier alpha value is -0.690. The first-order valence-electron chi connectivity index (χ1n) is 10.8. The van der Waals surface area contributed by atoms with Crippen molar-refractivity contribution >= 4 is 5.91 Å². The van der Waals surface area contributed by atoms with Gasteiger partial charge < -0.3 is 24.3 Å². The van der Waals surface area contributed by atoms with E-state index in [0.29, 0.717) is 52.8 Å². The summed E-state index contributed by atoms with van der Waals surface area (Å²) in [6.45, 7) is 17.9. The van der Waals surface area contributed by atoms with Gasteiger partial charge in [-0.3, -0.25) is 4.79 Å². The number of nitrogens with one attached hydrogen (secondary N) is 1. The van der Waals surface area contributed by atoms with Crippen molar-refractivity contribution in [3.05, 3.63) is 0 Å². The molecule has 0 fully saturated rings. The van der Waals surface area contributed by atoms with Crippen molar-refractivity contribution in [2.24, 2.45) is 10.8 Å². The predicted molar refractivity (Wildman–Crippen MR) is 114 cm³/mol. The lowest BCUT2D eigenvalue weighted by Gasteiger charge is -2.23. The molecule has 0 saturated carbocycles. The van der Waals surface area contributed by atoms with Crippen molar-refractivity contribution in [3.63, 3.8) is 0 Å². The third-order valence-corrected chi connectivity index (χ3v) is 4.56. The summed E-state index contributed by atoms with van der Waals surface area (Å²) in [5, 5.41) is 2.92. The number of ether oxygens (including phenoxy) is 4. The van der Waals surface area contributed by atoms with Crippen LogP contribution < -0.4 is 5.32 Å². The molecule has 0 aliphatic heterocycles. The first-order chi connectivity index (χ1) is 13.2. The Labute approximate surface area is 173 Å². The molecule has 0 heterocycles. The number of hydrogen-bond donors (Lipinski definition) is 1. The molecule has 0 rings (SSSR count). The molecule has 0 bridgehead atoms. The molecule has 0 aromatic rings. The maximum absolute atomic E-state index is 12.0. The smallest absolute Gasteiger partial charge is 0.225 e. The van der Waals surface area contributed by atoms with Crippen molar-refractivity contribution in [2.75, 3.05) is 59.4 Å². The van der Waals surface area contributed by atoms with E-state index in [2.05, 4.69) is 33.0 Å². The van der Waals surface area contributed by atoms with E-state index in [0.717, 1.165) is 19.4 Å². The highest BCUT2D eigenvalue weighted by atomic mass is 16.6.